The summed E-state index contributed by atoms with van der Waals surface area (Å²) in [5, 5.41) is 5.69. The van der Waals surface area contributed by atoms with Crippen LogP contribution in [0.15, 0.2) is 54.6 Å². The molecular formula is C24H27N3O2. The molecule has 0 atom stereocenters. The largest absolute Gasteiger partial charge is 0.343 e. The Morgan fingerprint density at radius 1 is 0.966 bits per heavy atom. The number of anilines is 1. The van der Waals surface area contributed by atoms with Gasteiger partial charge in [-0.2, -0.15) is 0 Å². The molecule has 0 spiro atoms. The number of amides is 3. The Bertz CT molecular complexity index is 884. The van der Waals surface area contributed by atoms with Gasteiger partial charge in [0.15, 0.2) is 0 Å². The molecule has 0 unspecified atom stereocenters. The third kappa shape index (κ3) is 7.00. The predicted octanol–water partition coefficient (Wildman–Crippen LogP) is 4.00. The highest BCUT2D eigenvalue weighted by molar-refractivity contribution is 5.89. The molecule has 3 rings (SSSR count). The number of carbonyl (C=O) groups excluding carboxylic acids is 2. The molecule has 0 radical (unpaired) electrons. The maximum absolute atomic E-state index is 12.1. The summed E-state index contributed by atoms with van der Waals surface area (Å²) in [6, 6.07) is 17.0. The smallest absolute Gasteiger partial charge is 0.319 e. The number of likely N-dealkylation sites (tertiary alicyclic amines) is 1. The van der Waals surface area contributed by atoms with Crippen molar-refractivity contribution in [2.45, 2.75) is 32.1 Å². The van der Waals surface area contributed by atoms with Gasteiger partial charge in [0.25, 0.3) is 0 Å². The van der Waals surface area contributed by atoms with Crippen LogP contribution in [0.1, 0.15) is 43.2 Å². The van der Waals surface area contributed by atoms with Crippen LogP contribution >= 0.6 is 0 Å². The molecule has 2 aromatic carbocycles. The van der Waals surface area contributed by atoms with Gasteiger partial charge in [-0.1, -0.05) is 42.5 Å². The fourth-order valence-electron chi connectivity index (χ4n) is 3.26. The van der Waals surface area contributed by atoms with Crippen LogP contribution in [0, 0.1) is 11.8 Å². The number of benzene rings is 2. The van der Waals surface area contributed by atoms with Gasteiger partial charge in [-0.15, -0.1) is 0 Å². The highest BCUT2D eigenvalue weighted by atomic mass is 16.2. The van der Waals surface area contributed by atoms with Crippen molar-refractivity contribution in [2.24, 2.45) is 0 Å². The molecule has 5 heteroatoms. The molecule has 2 N–H and O–H groups in total. The second kappa shape index (κ2) is 10.9. The molecule has 1 aliphatic rings. The summed E-state index contributed by atoms with van der Waals surface area (Å²) in [4.78, 5) is 26.0. The van der Waals surface area contributed by atoms with E-state index in [0.717, 1.165) is 43.4 Å². The van der Waals surface area contributed by atoms with Gasteiger partial charge in [-0.25, -0.2) is 4.79 Å². The zero-order valence-corrected chi connectivity index (χ0v) is 16.6. The summed E-state index contributed by atoms with van der Waals surface area (Å²) in [6.45, 7) is 2.06. The van der Waals surface area contributed by atoms with Crippen LogP contribution in [0.3, 0.4) is 0 Å². The zero-order chi connectivity index (χ0) is 20.3. The summed E-state index contributed by atoms with van der Waals surface area (Å²) in [7, 11) is 0. The van der Waals surface area contributed by atoms with Crippen LogP contribution in [0.4, 0.5) is 10.5 Å². The SMILES string of the molecule is O=C(NCCCN1CCCCCC1=O)Nc1cccc(C#Cc2ccccc2)c1. The van der Waals surface area contributed by atoms with Crippen LogP contribution in [0.25, 0.3) is 0 Å². The first-order chi connectivity index (χ1) is 14.2. The van der Waals surface area contributed by atoms with Crippen molar-refractivity contribution in [3.63, 3.8) is 0 Å². The lowest BCUT2D eigenvalue weighted by atomic mass is 10.1. The first kappa shape index (κ1) is 20.5. The number of hydrogen-bond donors (Lipinski definition) is 2. The molecule has 5 nitrogen and oxygen atoms in total. The molecule has 150 valence electrons. The van der Waals surface area contributed by atoms with E-state index in [0.29, 0.717) is 25.2 Å². The van der Waals surface area contributed by atoms with E-state index in [2.05, 4.69) is 22.5 Å². The Balaban J connectivity index is 1.43. The first-order valence-electron chi connectivity index (χ1n) is 10.2. The van der Waals surface area contributed by atoms with E-state index in [4.69, 9.17) is 0 Å². The summed E-state index contributed by atoms with van der Waals surface area (Å²) in [5.74, 6) is 6.46. The molecule has 1 saturated heterocycles. The number of rotatable bonds is 5. The Morgan fingerprint density at radius 2 is 1.76 bits per heavy atom. The monoisotopic (exact) mass is 389 g/mol. The highest BCUT2D eigenvalue weighted by Gasteiger charge is 2.15. The second-order valence-electron chi connectivity index (χ2n) is 7.12. The Kier molecular flexibility index (Phi) is 7.71. The van der Waals surface area contributed by atoms with E-state index in [9.17, 15) is 9.59 Å². The number of nitrogens with one attached hydrogen (secondary N) is 2. The molecule has 0 saturated carbocycles. The first-order valence-corrected chi connectivity index (χ1v) is 10.2. The van der Waals surface area contributed by atoms with Gasteiger partial charge in [0.2, 0.25) is 5.91 Å². The van der Waals surface area contributed by atoms with E-state index in [1.54, 1.807) is 0 Å². The maximum atomic E-state index is 12.1. The molecule has 2 aromatic rings. The van der Waals surface area contributed by atoms with E-state index in [1.807, 2.05) is 59.5 Å². The minimum atomic E-state index is -0.250. The van der Waals surface area contributed by atoms with E-state index < -0.39 is 0 Å². The third-order valence-electron chi connectivity index (χ3n) is 4.81. The van der Waals surface area contributed by atoms with E-state index in [-0.39, 0.29) is 11.9 Å². The van der Waals surface area contributed by atoms with Gasteiger partial charge in [0.05, 0.1) is 0 Å². The topological polar surface area (TPSA) is 61.4 Å². The molecular weight excluding hydrogens is 362 g/mol. The van der Waals surface area contributed by atoms with Crippen molar-refractivity contribution in [3.05, 3.63) is 65.7 Å². The summed E-state index contributed by atoms with van der Waals surface area (Å²) in [5.41, 5.74) is 2.49. The summed E-state index contributed by atoms with van der Waals surface area (Å²) in [6.07, 6.45) is 4.59. The van der Waals surface area contributed by atoms with E-state index in [1.165, 1.54) is 0 Å². The second-order valence-corrected chi connectivity index (χ2v) is 7.12. The van der Waals surface area contributed by atoms with Crippen molar-refractivity contribution in [1.82, 2.24) is 10.2 Å². The van der Waals surface area contributed by atoms with Crippen LogP contribution in [-0.2, 0) is 4.79 Å². The summed E-state index contributed by atoms with van der Waals surface area (Å²) < 4.78 is 0. The van der Waals surface area contributed by atoms with Crippen LogP contribution in [0.5, 0.6) is 0 Å². The molecule has 1 heterocycles. The Morgan fingerprint density at radius 3 is 2.62 bits per heavy atom. The molecule has 0 bridgehead atoms. The van der Waals surface area contributed by atoms with Gasteiger partial charge in [-0.05, 0) is 49.6 Å². The van der Waals surface area contributed by atoms with Crippen LogP contribution < -0.4 is 10.6 Å². The fraction of sp³-hybridized carbons (Fsp3) is 0.333. The normalized spacial score (nSPS) is 13.8. The lowest BCUT2D eigenvalue weighted by Crippen LogP contribution is -2.35. The quantitative estimate of drug-likeness (QED) is 0.600. The molecule has 1 aliphatic heterocycles. The summed E-state index contributed by atoms with van der Waals surface area (Å²) >= 11 is 0. The molecule has 29 heavy (non-hydrogen) atoms. The molecule has 1 fully saturated rings. The Labute approximate surface area is 172 Å². The maximum Gasteiger partial charge on any atom is 0.319 e. The van der Waals surface area contributed by atoms with Crippen LogP contribution in [-0.4, -0.2) is 36.5 Å². The minimum Gasteiger partial charge on any atom is -0.343 e. The van der Waals surface area contributed by atoms with Gasteiger partial charge in [0.1, 0.15) is 0 Å². The number of hydrogen-bond acceptors (Lipinski definition) is 2. The number of nitrogens with zero attached hydrogens (tertiary/aromatic N) is 1. The van der Waals surface area contributed by atoms with Crippen molar-refractivity contribution >= 4 is 17.6 Å². The Hall–Kier alpha value is -3.26. The van der Waals surface area contributed by atoms with Crippen molar-refractivity contribution in [1.29, 1.82) is 0 Å². The number of carbonyl (C=O) groups is 2. The average molecular weight is 389 g/mol. The van der Waals surface area contributed by atoms with Crippen molar-refractivity contribution in [3.8, 4) is 11.8 Å². The lowest BCUT2D eigenvalue weighted by Gasteiger charge is -2.20. The standard InChI is InChI=1S/C24H27N3O2/c28-23-13-5-2-6-17-27(23)18-8-16-25-24(29)26-22-12-7-11-21(19-22)15-14-20-9-3-1-4-10-20/h1,3-4,7,9-12,19H,2,5-6,8,13,16-18H2,(H2,25,26,29). The molecule has 0 aromatic heterocycles. The fourth-order valence-corrected chi connectivity index (χ4v) is 3.26. The molecule has 0 aliphatic carbocycles. The zero-order valence-electron chi connectivity index (χ0n) is 16.6. The molecule has 3 amide bonds. The van der Waals surface area contributed by atoms with E-state index >= 15 is 0 Å². The highest BCUT2D eigenvalue weighted by Crippen LogP contribution is 2.12. The van der Waals surface area contributed by atoms with Gasteiger partial charge in [0, 0.05) is 42.9 Å². The lowest BCUT2D eigenvalue weighted by molar-refractivity contribution is -0.130. The minimum absolute atomic E-state index is 0.236. The predicted molar refractivity (Wildman–Crippen MR) is 116 cm³/mol. The van der Waals surface area contributed by atoms with Crippen molar-refractivity contribution in [2.75, 3.05) is 25.0 Å². The van der Waals surface area contributed by atoms with Gasteiger partial charge in [-0.3, -0.25) is 4.79 Å². The van der Waals surface area contributed by atoms with Crippen LogP contribution in [0.2, 0.25) is 0 Å². The van der Waals surface area contributed by atoms with Crippen molar-refractivity contribution < 1.29 is 9.59 Å². The van der Waals surface area contributed by atoms with Gasteiger partial charge < -0.3 is 15.5 Å². The average Bonchev–Trinajstić information content (AvgIpc) is 2.95. The third-order valence-corrected chi connectivity index (χ3v) is 4.81. The number of urea groups is 1. The van der Waals surface area contributed by atoms with Gasteiger partial charge >= 0.3 is 6.03 Å².